The molecule has 0 bridgehead atoms. The van der Waals surface area contributed by atoms with E-state index in [2.05, 4.69) is 28.9 Å². The Labute approximate surface area is 75.7 Å². The Bertz CT molecular complexity index is 235. The van der Waals surface area contributed by atoms with Gasteiger partial charge in [0.05, 0.1) is 0 Å². The number of halogens is 1. The van der Waals surface area contributed by atoms with E-state index >= 15 is 0 Å². The number of benzene rings is 1. The second-order valence-electron chi connectivity index (χ2n) is 2.66. The Balaban J connectivity index is 2.93. The molecule has 0 aromatic heterocycles. The van der Waals surface area contributed by atoms with Crippen molar-refractivity contribution in [3.63, 3.8) is 0 Å². The zero-order chi connectivity index (χ0) is 8.27. The van der Waals surface area contributed by atoms with Gasteiger partial charge in [0.25, 0.3) is 0 Å². The van der Waals surface area contributed by atoms with Crippen molar-refractivity contribution in [3.05, 3.63) is 34.3 Å². The van der Waals surface area contributed by atoms with Gasteiger partial charge >= 0.3 is 0 Å². The molecule has 2 heteroatoms. The highest BCUT2D eigenvalue weighted by molar-refractivity contribution is 9.10. The predicted molar refractivity (Wildman–Crippen MR) is 51.6 cm³/mol. The fourth-order valence-corrected chi connectivity index (χ4v) is 1.68. The summed E-state index contributed by atoms with van der Waals surface area (Å²) in [6, 6.07) is 8.19. The molecule has 0 spiro atoms. The van der Waals surface area contributed by atoms with Crippen LogP contribution in [0.4, 0.5) is 0 Å². The Kier molecular flexibility index (Phi) is 3.09. The van der Waals surface area contributed by atoms with Crippen LogP contribution in [-0.2, 0) is 0 Å². The molecule has 2 N–H and O–H groups in total. The lowest BCUT2D eigenvalue weighted by Gasteiger charge is -2.09. The molecule has 0 saturated heterocycles. The second-order valence-corrected chi connectivity index (χ2v) is 3.51. The van der Waals surface area contributed by atoms with Gasteiger partial charge in [-0.15, -0.1) is 0 Å². The Morgan fingerprint density at radius 3 is 2.64 bits per heavy atom. The lowest BCUT2D eigenvalue weighted by atomic mass is 10.0. The second kappa shape index (κ2) is 3.88. The molecule has 60 valence electrons. The van der Waals surface area contributed by atoms with Crippen LogP contribution >= 0.6 is 15.9 Å². The van der Waals surface area contributed by atoms with Crippen LogP contribution in [0, 0.1) is 0 Å². The SMILES string of the molecule is CC(CN)c1ccccc1Br. The topological polar surface area (TPSA) is 26.0 Å². The van der Waals surface area contributed by atoms with Crippen LogP contribution in [0.3, 0.4) is 0 Å². The van der Waals surface area contributed by atoms with Gasteiger partial charge in [-0.25, -0.2) is 0 Å². The van der Waals surface area contributed by atoms with Crippen molar-refractivity contribution in [2.24, 2.45) is 5.73 Å². The zero-order valence-corrected chi connectivity index (χ0v) is 8.14. The zero-order valence-electron chi connectivity index (χ0n) is 6.55. The van der Waals surface area contributed by atoms with Gasteiger partial charge < -0.3 is 5.73 Å². The summed E-state index contributed by atoms with van der Waals surface area (Å²) in [5.41, 5.74) is 6.84. The van der Waals surface area contributed by atoms with Crippen molar-refractivity contribution in [3.8, 4) is 0 Å². The van der Waals surface area contributed by atoms with Crippen molar-refractivity contribution < 1.29 is 0 Å². The van der Waals surface area contributed by atoms with Crippen LogP contribution in [0.1, 0.15) is 18.4 Å². The van der Waals surface area contributed by atoms with Crippen molar-refractivity contribution in [2.75, 3.05) is 6.54 Å². The molecule has 1 rings (SSSR count). The lowest BCUT2D eigenvalue weighted by molar-refractivity contribution is 0.770. The molecule has 0 saturated carbocycles. The van der Waals surface area contributed by atoms with E-state index in [0.29, 0.717) is 12.5 Å². The van der Waals surface area contributed by atoms with Gasteiger partial charge in [0.2, 0.25) is 0 Å². The fraction of sp³-hybridized carbons (Fsp3) is 0.333. The minimum Gasteiger partial charge on any atom is -0.330 e. The summed E-state index contributed by atoms with van der Waals surface area (Å²) >= 11 is 3.48. The minimum absolute atomic E-state index is 0.436. The van der Waals surface area contributed by atoms with Crippen LogP contribution in [-0.4, -0.2) is 6.54 Å². The van der Waals surface area contributed by atoms with E-state index in [1.165, 1.54) is 5.56 Å². The molecular weight excluding hydrogens is 202 g/mol. The normalized spacial score (nSPS) is 13.0. The molecule has 0 fully saturated rings. The van der Waals surface area contributed by atoms with E-state index in [4.69, 9.17) is 5.73 Å². The summed E-state index contributed by atoms with van der Waals surface area (Å²) in [6.45, 7) is 2.82. The molecule has 0 aliphatic heterocycles. The maximum Gasteiger partial charge on any atom is 0.0210 e. The van der Waals surface area contributed by atoms with Crippen LogP contribution < -0.4 is 5.73 Å². The number of nitrogens with two attached hydrogens (primary N) is 1. The largest absolute Gasteiger partial charge is 0.330 e. The van der Waals surface area contributed by atoms with Crippen molar-refractivity contribution in [2.45, 2.75) is 12.8 Å². The highest BCUT2D eigenvalue weighted by Gasteiger charge is 2.05. The average molecular weight is 214 g/mol. The maximum atomic E-state index is 5.55. The van der Waals surface area contributed by atoms with Crippen LogP contribution in [0.2, 0.25) is 0 Å². The molecule has 1 aromatic rings. The summed E-state index contributed by atoms with van der Waals surface area (Å²) in [6.07, 6.45) is 0. The number of rotatable bonds is 2. The molecule has 1 atom stereocenters. The summed E-state index contributed by atoms with van der Waals surface area (Å²) < 4.78 is 1.15. The molecular formula is C9H12BrN. The highest BCUT2D eigenvalue weighted by atomic mass is 79.9. The first kappa shape index (κ1) is 8.75. The Morgan fingerprint density at radius 2 is 2.09 bits per heavy atom. The Morgan fingerprint density at radius 1 is 1.45 bits per heavy atom. The van der Waals surface area contributed by atoms with E-state index in [0.717, 1.165) is 4.47 Å². The first-order chi connectivity index (χ1) is 5.25. The standard InChI is InChI=1S/C9H12BrN/c1-7(6-11)8-4-2-3-5-9(8)10/h2-5,7H,6,11H2,1H3. The molecule has 0 aliphatic carbocycles. The van der Waals surface area contributed by atoms with Crippen LogP contribution in [0.5, 0.6) is 0 Å². The summed E-state index contributed by atoms with van der Waals surface area (Å²) in [5.74, 6) is 0.436. The molecule has 0 radical (unpaired) electrons. The summed E-state index contributed by atoms with van der Waals surface area (Å²) in [7, 11) is 0. The summed E-state index contributed by atoms with van der Waals surface area (Å²) in [4.78, 5) is 0. The third-order valence-corrected chi connectivity index (χ3v) is 2.51. The highest BCUT2D eigenvalue weighted by Crippen LogP contribution is 2.23. The smallest absolute Gasteiger partial charge is 0.0210 e. The van der Waals surface area contributed by atoms with Gasteiger partial charge in [-0.3, -0.25) is 0 Å². The monoisotopic (exact) mass is 213 g/mol. The molecule has 1 nitrogen and oxygen atoms in total. The van der Waals surface area contributed by atoms with Gasteiger partial charge in [0.15, 0.2) is 0 Å². The molecule has 0 amide bonds. The van der Waals surface area contributed by atoms with Crippen molar-refractivity contribution >= 4 is 15.9 Å². The van der Waals surface area contributed by atoms with Crippen molar-refractivity contribution in [1.82, 2.24) is 0 Å². The van der Waals surface area contributed by atoms with E-state index in [1.54, 1.807) is 0 Å². The third kappa shape index (κ3) is 2.04. The van der Waals surface area contributed by atoms with Gasteiger partial charge in [-0.1, -0.05) is 41.1 Å². The van der Waals surface area contributed by atoms with Gasteiger partial charge in [0.1, 0.15) is 0 Å². The van der Waals surface area contributed by atoms with Gasteiger partial charge in [-0.05, 0) is 24.1 Å². The van der Waals surface area contributed by atoms with Crippen LogP contribution in [0.25, 0.3) is 0 Å². The van der Waals surface area contributed by atoms with E-state index < -0.39 is 0 Å². The molecule has 11 heavy (non-hydrogen) atoms. The average Bonchev–Trinajstić information content (AvgIpc) is 2.04. The maximum absolute atomic E-state index is 5.55. The quantitative estimate of drug-likeness (QED) is 0.804. The molecule has 1 aromatic carbocycles. The van der Waals surface area contributed by atoms with E-state index in [-0.39, 0.29) is 0 Å². The predicted octanol–water partition coefficient (Wildman–Crippen LogP) is 2.51. The van der Waals surface area contributed by atoms with E-state index in [9.17, 15) is 0 Å². The van der Waals surface area contributed by atoms with Gasteiger partial charge in [-0.2, -0.15) is 0 Å². The van der Waals surface area contributed by atoms with Crippen LogP contribution in [0.15, 0.2) is 28.7 Å². The summed E-state index contributed by atoms with van der Waals surface area (Å²) in [5, 5.41) is 0. The first-order valence-corrected chi connectivity index (χ1v) is 4.49. The minimum atomic E-state index is 0.436. The number of hydrogen-bond acceptors (Lipinski definition) is 1. The molecule has 0 aliphatic rings. The Hall–Kier alpha value is -0.340. The molecule has 0 heterocycles. The van der Waals surface area contributed by atoms with E-state index in [1.807, 2.05) is 18.2 Å². The van der Waals surface area contributed by atoms with Crippen molar-refractivity contribution in [1.29, 1.82) is 0 Å². The fourth-order valence-electron chi connectivity index (χ4n) is 1.00. The molecule has 1 unspecified atom stereocenters. The first-order valence-electron chi connectivity index (χ1n) is 3.70. The number of hydrogen-bond donors (Lipinski definition) is 1. The van der Waals surface area contributed by atoms with Gasteiger partial charge in [0, 0.05) is 4.47 Å². The third-order valence-electron chi connectivity index (χ3n) is 1.79. The lowest BCUT2D eigenvalue weighted by Crippen LogP contribution is -2.09.